The number of amides is 1. The lowest BCUT2D eigenvalue weighted by molar-refractivity contribution is -0.142. The highest BCUT2D eigenvalue weighted by Gasteiger charge is 2.05. The van der Waals surface area contributed by atoms with Gasteiger partial charge in [0.2, 0.25) is 0 Å². The molecule has 0 heterocycles. The Kier molecular flexibility index (Phi) is 5.91. The highest BCUT2D eigenvalue weighted by molar-refractivity contribution is 9.10. The van der Waals surface area contributed by atoms with Crippen LogP contribution in [0.4, 0.5) is 5.69 Å². The summed E-state index contributed by atoms with van der Waals surface area (Å²) in [6.07, 6.45) is 2.93. The quantitative estimate of drug-likeness (QED) is 0.654. The Bertz CT molecular complexity index is 666. The van der Waals surface area contributed by atoms with E-state index in [0.29, 0.717) is 5.69 Å². The van der Waals surface area contributed by atoms with Gasteiger partial charge in [0.1, 0.15) is 0 Å². The van der Waals surface area contributed by atoms with Crippen LogP contribution in [0.15, 0.2) is 65.1 Å². The first kappa shape index (κ1) is 16.0. The van der Waals surface area contributed by atoms with Crippen LogP contribution in [0, 0.1) is 0 Å². The smallest absolute Gasteiger partial charge is 0.331 e. The monoisotopic (exact) mass is 359 g/mol. The largest absolute Gasteiger partial charge is 0.452 e. The fourth-order valence-corrected chi connectivity index (χ4v) is 1.91. The fraction of sp³-hybridized carbons (Fsp3) is 0.0588. The average molecular weight is 360 g/mol. The molecule has 112 valence electrons. The third kappa shape index (κ3) is 5.54. The summed E-state index contributed by atoms with van der Waals surface area (Å²) in [5, 5.41) is 2.64. The standard InChI is InChI=1S/C17H14BrNO3/c18-14-7-9-15(10-8-14)19-16(20)12-22-17(21)11-6-13-4-2-1-3-5-13/h1-11H,12H2,(H,19,20)/b11-6+. The number of carbonyl (C=O) groups is 2. The maximum atomic E-state index is 11.7. The van der Waals surface area contributed by atoms with Crippen molar-refractivity contribution in [2.45, 2.75) is 0 Å². The van der Waals surface area contributed by atoms with Gasteiger partial charge in [0, 0.05) is 16.2 Å². The average Bonchev–Trinajstić information content (AvgIpc) is 2.54. The van der Waals surface area contributed by atoms with Gasteiger partial charge < -0.3 is 10.1 Å². The van der Waals surface area contributed by atoms with Crippen LogP contribution >= 0.6 is 15.9 Å². The minimum Gasteiger partial charge on any atom is -0.452 e. The van der Waals surface area contributed by atoms with Crippen molar-refractivity contribution in [3.05, 3.63) is 70.7 Å². The maximum absolute atomic E-state index is 11.7. The van der Waals surface area contributed by atoms with Crippen molar-refractivity contribution >= 4 is 39.6 Å². The lowest BCUT2D eigenvalue weighted by Gasteiger charge is -2.05. The normalized spacial score (nSPS) is 10.4. The molecule has 0 saturated heterocycles. The molecule has 5 heteroatoms. The molecule has 0 fully saturated rings. The molecule has 0 aliphatic heterocycles. The molecule has 0 saturated carbocycles. The van der Waals surface area contributed by atoms with Crippen LogP contribution in [-0.4, -0.2) is 18.5 Å². The van der Waals surface area contributed by atoms with Crippen molar-refractivity contribution in [2.24, 2.45) is 0 Å². The summed E-state index contributed by atoms with van der Waals surface area (Å²) in [5.74, 6) is -0.946. The summed E-state index contributed by atoms with van der Waals surface area (Å²) < 4.78 is 5.79. The highest BCUT2D eigenvalue weighted by Crippen LogP contribution is 2.13. The number of carbonyl (C=O) groups excluding carboxylic acids is 2. The van der Waals surface area contributed by atoms with Gasteiger partial charge in [-0.25, -0.2) is 4.79 Å². The second kappa shape index (κ2) is 8.14. The predicted octanol–water partition coefficient (Wildman–Crippen LogP) is 3.64. The minimum atomic E-state index is -0.560. The predicted molar refractivity (Wildman–Crippen MR) is 89.2 cm³/mol. The second-order valence-electron chi connectivity index (χ2n) is 4.41. The molecule has 0 bridgehead atoms. The molecule has 2 aromatic rings. The summed E-state index contributed by atoms with van der Waals surface area (Å²) in [4.78, 5) is 23.2. The molecule has 0 atom stereocenters. The second-order valence-corrected chi connectivity index (χ2v) is 5.32. The number of halogens is 1. The topological polar surface area (TPSA) is 55.4 Å². The molecule has 4 nitrogen and oxygen atoms in total. The van der Waals surface area contributed by atoms with Gasteiger partial charge in [-0.05, 0) is 35.9 Å². The zero-order valence-electron chi connectivity index (χ0n) is 11.7. The maximum Gasteiger partial charge on any atom is 0.331 e. The lowest BCUT2D eigenvalue weighted by Crippen LogP contribution is -2.20. The number of anilines is 1. The Morgan fingerprint density at radius 3 is 2.41 bits per heavy atom. The van der Waals surface area contributed by atoms with Gasteiger partial charge in [0.15, 0.2) is 6.61 Å². The van der Waals surface area contributed by atoms with Crippen LogP contribution in [0.2, 0.25) is 0 Å². The number of esters is 1. The minimum absolute atomic E-state index is 0.325. The molecule has 1 amide bonds. The van der Waals surface area contributed by atoms with Crippen molar-refractivity contribution in [1.29, 1.82) is 0 Å². The van der Waals surface area contributed by atoms with Crippen LogP contribution in [0.3, 0.4) is 0 Å². The Morgan fingerprint density at radius 2 is 1.73 bits per heavy atom. The van der Waals surface area contributed by atoms with E-state index in [1.54, 1.807) is 18.2 Å². The van der Waals surface area contributed by atoms with E-state index >= 15 is 0 Å². The number of benzene rings is 2. The van der Waals surface area contributed by atoms with E-state index in [1.165, 1.54) is 6.08 Å². The van der Waals surface area contributed by atoms with E-state index in [-0.39, 0.29) is 12.5 Å². The summed E-state index contributed by atoms with van der Waals surface area (Å²) in [5.41, 5.74) is 1.53. The third-order valence-corrected chi connectivity index (χ3v) is 3.21. The first-order chi connectivity index (χ1) is 10.6. The Balaban J connectivity index is 1.77. The molecule has 0 radical (unpaired) electrons. The molecule has 22 heavy (non-hydrogen) atoms. The van der Waals surface area contributed by atoms with E-state index in [9.17, 15) is 9.59 Å². The number of hydrogen-bond donors (Lipinski definition) is 1. The van der Waals surface area contributed by atoms with E-state index in [2.05, 4.69) is 21.2 Å². The van der Waals surface area contributed by atoms with Gasteiger partial charge in [-0.3, -0.25) is 4.79 Å². The molecule has 1 N–H and O–H groups in total. The van der Waals surface area contributed by atoms with Crippen molar-refractivity contribution in [3.8, 4) is 0 Å². The van der Waals surface area contributed by atoms with Crippen molar-refractivity contribution < 1.29 is 14.3 Å². The highest BCUT2D eigenvalue weighted by atomic mass is 79.9. The van der Waals surface area contributed by atoms with E-state index < -0.39 is 5.97 Å². The number of ether oxygens (including phenoxy) is 1. The summed E-state index contributed by atoms with van der Waals surface area (Å²) in [7, 11) is 0. The first-order valence-corrected chi connectivity index (χ1v) is 7.38. The Hall–Kier alpha value is -2.40. The van der Waals surface area contributed by atoms with E-state index in [1.807, 2.05) is 42.5 Å². The third-order valence-electron chi connectivity index (χ3n) is 2.68. The van der Waals surface area contributed by atoms with E-state index in [4.69, 9.17) is 4.74 Å². The van der Waals surface area contributed by atoms with Gasteiger partial charge in [0.25, 0.3) is 5.91 Å². The lowest BCUT2D eigenvalue weighted by atomic mass is 10.2. The van der Waals surface area contributed by atoms with Crippen molar-refractivity contribution in [3.63, 3.8) is 0 Å². The summed E-state index contributed by atoms with van der Waals surface area (Å²) >= 11 is 3.31. The van der Waals surface area contributed by atoms with Gasteiger partial charge in [0.05, 0.1) is 0 Å². The molecule has 0 spiro atoms. The van der Waals surface area contributed by atoms with Crippen LogP contribution in [-0.2, 0) is 14.3 Å². The molecular weight excluding hydrogens is 346 g/mol. The van der Waals surface area contributed by atoms with Gasteiger partial charge in [-0.2, -0.15) is 0 Å². The van der Waals surface area contributed by atoms with Gasteiger partial charge in [-0.15, -0.1) is 0 Å². The zero-order valence-corrected chi connectivity index (χ0v) is 13.2. The van der Waals surface area contributed by atoms with E-state index in [0.717, 1.165) is 10.0 Å². The van der Waals surface area contributed by atoms with Crippen LogP contribution in [0.1, 0.15) is 5.56 Å². The molecule has 0 aliphatic rings. The van der Waals surface area contributed by atoms with Crippen LogP contribution in [0.25, 0.3) is 6.08 Å². The van der Waals surface area contributed by atoms with Crippen molar-refractivity contribution in [1.82, 2.24) is 0 Å². The molecule has 2 aromatic carbocycles. The number of rotatable bonds is 5. The Morgan fingerprint density at radius 1 is 1.05 bits per heavy atom. The number of nitrogens with one attached hydrogen (secondary N) is 1. The Labute approximate surface area is 136 Å². The zero-order chi connectivity index (χ0) is 15.8. The van der Waals surface area contributed by atoms with Gasteiger partial charge >= 0.3 is 5.97 Å². The molecule has 2 rings (SSSR count). The van der Waals surface area contributed by atoms with Crippen LogP contribution < -0.4 is 5.32 Å². The molecule has 0 aliphatic carbocycles. The summed E-state index contributed by atoms with van der Waals surface area (Å²) in [6, 6.07) is 16.5. The fourth-order valence-electron chi connectivity index (χ4n) is 1.64. The molecule has 0 aromatic heterocycles. The first-order valence-electron chi connectivity index (χ1n) is 6.59. The molecular formula is C17H14BrNO3. The summed E-state index contributed by atoms with van der Waals surface area (Å²) in [6.45, 7) is -0.325. The molecule has 0 unspecified atom stereocenters. The SMILES string of the molecule is O=C(COC(=O)/C=C/c1ccccc1)Nc1ccc(Br)cc1. The van der Waals surface area contributed by atoms with Gasteiger partial charge in [-0.1, -0.05) is 46.3 Å². The van der Waals surface area contributed by atoms with Crippen LogP contribution in [0.5, 0.6) is 0 Å². The van der Waals surface area contributed by atoms with Crippen molar-refractivity contribution in [2.75, 3.05) is 11.9 Å². The number of hydrogen-bond acceptors (Lipinski definition) is 3.